The summed E-state index contributed by atoms with van der Waals surface area (Å²) in [7, 11) is 0. The van der Waals surface area contributed by atoms with Crippen molar-refractivity contribution in [2.45, 2.75) is 38.0 Å². The molecule has 31 heavy (non-hydrogen) atoms. The number of anilines is 1. The summed E-state index contributed by atoms with van der Waals surface area (Å²) in [5, 5.41) is 8.20. The second kappa shape index (κ2) is 8.01. The summed E-state index contributed by atoms with van der Waals surface area (Å²) in [6.07, 6.45) is 4.52. The summed E-state index contributed by atoms with van der Waals surface area (Å²) in [4.78, 5) is 32.4. The molecule has 0 saturated heterocycles. The number of nitrogens with one attached hydrogen (secondary N) is 2. The number of carbonyl (C=O) groups is 1. The Kier molecular flexibility index (Phi) is 5.19. The van der Waals surface area contributed by atoms with Crippen LogP contribution in [0, 0.1) is 0 Å². The normalized spacial score (nSPS) is 15.0. The molecule has 1 aromatic carbocycles. The number of halogens is 2. The number of amides is 1. The van der Waals surface area contributed by atoms with Gasteiger partial charge in [0.15, 0.2) is 6.61 Å². The van der Waals surface area contributed by atoms with E-state index >= 15 is 0 Å². The molecule has 160 valence electrons. The monoisotopic (exact) mass is 459 g/mol. The van der Waals surface area contributed by atoms with Gasteiger partial charge in [-0.2, -0.15) is 9.78 Å². The van der Waals surface area contributed by atoms with Crippen molar-refractivity contribution >= 4 is 34.9 Å². The Balaban J connectivity index is 1.38. The summed E-state index contributed by atoms with van der Waals surface area (Å²) in [6.45, 7) is -0.251. The summed E-state index contributed by atoms with van der Waals surface area (Å²) in [6, 6.07) is 6.60. The molecule has 2 aromatic heterocycles. The van der Waals surface area contributed by atoms with Crippen LogP contribution in [0.5, 0.6) is 5.75 Å². The number of carbonyl (C=O) groups excluding carboxylic acids is 1. The van der Waals surface area contributed by atoms with Crippen LogP contribution in [0.3, 0.4) is 0 Å². The second-order valence-electron chi connectivity index (χ2n) is 7.72. The van der Waals surface area contributed by atoms with E-state index in [4.69, 9.17) is 27.9 Å². The van der Waals surface area contributed by atoms with Crippen LogP contribution >= 0.6 is 23.2 Å². The Labute approximate surface area is 187 Å². The van der Waals surface area contributed by atoms with Crippen LogP contribution in [0.2, 0.25) is 10.0 Å². The van der Waals surface area contributed by atoms with Crippen LogP contribution in [0.1, 0.15) is 42.1 Å². The van der Waals surface area contributed by atoms with E-state index in [1.54, 1.807) is 18.2 Å². The van der Waals surface area contributed by atoms with Crippen molar-refractivity contribution in [2.75, 3.05) is 11.9 Å². The van der Waals surface area contributed by atoms with Crippen molar-refractivity contribution in [1.82, 2.24) is 19.7 Å². The third kappa shape index (κ3) is 4.18. The number of aryl methyl sites for hydroxylation is 1. The topological polar surface area (TPSA) is 102 Å². The molecular formula is C21H19Cl2N5O3. The van der Waals surface area contributed by atoms with Gasteiger partial charge in [-0.1, -0.05) is 23.2 Å². The van der Waals surface area contributed by atoms with Crippen molar-refractivity contribution < 1.29 is 9.53 Å². The van der Waals surface area contributed by atoms with Crippen LogP contribution in [0.25, 0.3) is 5.95 Å². The Morgan fingerprint density at radius 2 is 2.10 bits per heavy atom. The van der Waals surface area contributed by atoms with E-state index in [0.717, 1.165) is 49.1 Å². The number of aromatic nitrogens is 4. The largest absolute Gasteiger partial charge is 0.482 e. The van der Waals surface area contributed by atoms with Gasteiger partial charge < -0.3 is 10.1 Å². The van der Waals surface area contributed by atoms with E-state index in [9.17, 15) is 9.59 Å². The second-order valence-corrected chi connectivity index (χ2v) is 8.56. The summed E-state index contributed by atoms with van der Waals surface area (Å²) in [5.41, 5.74) is 2.23. The highest BCUT2D eigenvalue weighted by atomic mass is 35.5. The molecule has 0 unspecified atom stereocenters. The van der Waals surface area contributed by atoms with Gasteiger partial charge in [0.2, 0.25) is 5.95 Å². The zero-order valence-electron chi connectivity index (χ0n) is 16.5. The van der Waals surface area contributed by atoms with E-state index < -0.39 is 5.91 Å². The van der Waals surface area contributed by atoms with Crippen molar-refractivity contribution in [3.8, 4) is 11.7 Å². The first-order chi connectivity index (χ1) is 15.0. The molecular weight excluding hydrogens is 441 g/mol. The smallest absolute Gasteiger partial charge is 0.263 e. The molecule has 0 aliphatic heterocycles. The first-order valence-electron chi connectivity index (χ1n) is 10.1. The minimum atomic E-state index is -0.391. The quantitative estimate of drug-likeness (QED) is 0.585. The van der Waals surface area contributed by atoms with Gasteiger partial charge in [0.1, 0.15) is 11.6 Å². The standard InChI is InChI=1S/C21H19Cl2N5O3/c22-12-6-7-17(14(23)8-12)31-10-19(29)25-18-9-16(11-4-5-11)27-28(18)21-24-15-3-1-2-13(15)20(30)26-21/h6-9,11H,1-5,10H2,(H,25,29)(H,24,26,30). The predicted octanol–water partition coefficient (Wildman–Crippen LogP) is 3.65. The van der Waals surface area contributed by atoms with E-state index in [-0.39, 0.29) is 12.2 Å². The molecule has 0 bridgehead atoms. The molecule has 5 rings (SSSR count). The van der Waals surface area contributed by atoms with Gasteiger partial charge in [0.25, 0.3) is 11.5 Å². The molecule has 3 aromatic rings. The Bertz CT molecular complexity index is 1230. The van der Waals surface area contributed by atoms with Crippen LogP contribution in [0.4, 0.5) is 5.82 Å². The SMILES string of the molecule is O=C(COc1ccc(Cl)cc1Cl)Nc1cc(C2CC2)nn1-c1nc2c(c(=O)[nH]1)CCC2. The lowest BCUT2D eigenvalue weighted by Crippen LogP contribution is -2.24. The van der Waals surface area contributed by atoms with Crippen LogP contribution in [-0.4, -0.2) is 32.3 Å². The third-order valence-electron chi connectivity index (χ3n) is 5.37. The molecule has 8 nitrogen and oxygen atoms in total. The molecule has 0 atom stereocenters. The lowest BCUT2D eigenvalue weighted by atomic mass is 10.3. The molecule has 1 amide bonds. The minimum absolute atomic E-state index is 0.154. The first-order valence-corrected chi connectivity index (χ1v) is 10.8. The fraction of sp³-hybridized carbons (Fsp3) is 0.333. The summed E-state index contributed by atoms with van der Waals surface area (Å²) >= 11 is 12.0. The van der Waals surface area contributed by atoms with E-state index in [2.05, 4.69) is 20.4 Å². The van der Waals surface area contributed by atoms with Crippen LogP contribution in [0.15, 0.2) is 29.1 Å². The predicted molar refractivity (Wildman–Crippen MR) is 117 cm³/mol. The van der Waals surface area contributed by atoms with Gasteiger partial charge in [-0.05, 0) is 50.3 Å². The number of rotatable bonds is 6. The van der Waals surface area contributed by atoms with Gasteiger partial charge in [0, 0.05) is 22.6 Å². The van der Waals surface area contributed by atoms with Gasteiger partial charge in [-0.25, -0.2) is 4.98 Å². The number of nitrogens with zero attached hydrogens (tertiary/aromatic N) is 3. The molecule has 2 aliphatic carbocycles. The lowest BCUT2D eigenvalue weighted by molar-refractivity contribution is -0.118. The van der Waals surface area contributed by atoms with Gasteiger partial charge in [0.05, 0.1) is 16.4 Å². The van der Waals surface area contributed by atoms with Gasteiger partial charge in [-0.3, -0.25) is 14.6 Å². The van der Waals surface area contributed by atoms with E-state index in [0.29, 0.717) is 33.5 Å². The number of hydrogen-bond acceptors (Lipinski definition) is 5. The van der Waals surface area contributed by atoms with Gasteiger partial charge in [-0.15, -0.1) is 0 Å². The number of ether oxygens (including phenoxy) is 1. The number of aromatic amines is 1. The number of fused-ring (bicyclic) bond motifs is 1. The average molecular weight is 460 g/mol. The number of benzene rings is 1. The molecule has 0 radical (unpaired) electrons. The van der Waals surface area contributed by atoms with Crippen LogP contribution < -0.4 is 15.6 Å². The van der Waals surface area contributed by atoms with Crippen molar-refractivity contribution in [2.24, 2.45) is 0 Å². The minimum Gasteiger partial charge on any atom is -0.482 e. The molecule has 2 aliphatic rings. The van der Waals surface area contributed by atoms with Gasteiger partial charge >= 0.3 is 0 Å². The Hall–Kier alpha value is -2.84. The molecule has 0 spiro atoms. The maximum absolute atomic E-state index is 12.6. The third-order valence-corrected chi connectivity index (χ3v) is 5.90. The fourth-order valence-electron chi connectivity index (χ4n) is 3.67. The van der Waals surface area contributed by atoms with Crippen molar-refractivity contribution in [3.63, 3.8) is 0 Å². The molecule has 2 N–H and O–H groups in total. The molecule has 1 saturated carbocycles. The number of H-pyrrole nitrogens is 1. The van der Waals surface area contributed by atoms with Crippen LogP contribution in [-0.2, 0) is 17.6 Å². The maximum Gasteiger partial charge on any atom is 0.263 e. The molecule has 1 fully saturated rings. The first kappa shape index (κ1) is 20.1. The summed E-state index contributed by atoms with van der Waals surface area (Å²) in [5.74, 6) is 1.06. The Morgan fingerprint density at radius 3 is 2.87 bits per heavy atom. The number of hydrogen-bond donors (Lipinski definition) is 2. The fourth-order valence-corrected chi connectivity index (χ4v) is 4.13. The molecule has 10 heteroatoms. The van der Waals surface area contributed by atoms with E-state index in [1.807, 2.05) is 6.07 Å². The highest BCUT2D eigenvalue weighted by Gasteiger charge is 2.29. The zero-order valence-corrected chi connectivity index (χ0v) is 18.0. The molecule has 2 heterocycles. The zero-order chi connectivity index (χ0) is 21.5. The lowest BCUT2D eigenvalue weighted by Gasteiger charge is -2.11. The highest BCUT2D eigenvalue weighted by Crippen LogP contribution is 2.40. The average Bonchev–Trinajstić information content (AvgIpc) is 3.32. The Morgan fingerprint density at radius 1 is 1.26 bits per heavy atom. The van der Waals surface area contributed by atoms with Crippen molar-refractivity contribution in [1.29, 1.82) is 0 Å². The summed E-state index contributed by atoms with van der Waals surface area (Å²) < 4.78 is 7.00. The maximum atomic E-state index is 12.6. The highest BCUT2D eigenvalue weighted by molar-refractivity contribution is 6.35. The van der Waals surface area contributed by atoms with Crippen molar-refractivity contribution in [3.05, 3.63) is 61.6 Å². The van der Waals surface area contributed by atoms with E-state index in [1.165, 1.54) is 4.68 Å².